The molecule has 10 heteroatoms. The number of ether oxygens (including phenoxy) is 1. The number of carbonyl (C=O) groups excluding carboxylic acids is 1. The van der Waals surface area contributed by atoms with E-state index in [2.05, 4.69) is 4.74 Å². The van der Waals surface area contributed by atoms with Crippen molar-refractivity contribution in [3.8, 4) is 0 Å². The second kappa shape index (κ2) is 7.82. The van der Waals surface area contributed by atoms with Crippen molar-refractivity contribution < 1.29 is 26.7 Å². The molecule has 3 N–H and O–H groups in total. The summed E-state index contributed by atoms with van der Waals surface area (Å²) in [6, 6.07) is 3.92. The summed E-state index contributed by atoms with van der Waals surface area (Å²) in [6.45, 7) is -0.702. The third-order valence-electron chi connectivity index (χ3n) is 2.80. The molecule has 0 fully saturated rings. The molecule has 6 nitrogen and oxygen atoms in total. The zero-order chi connectivity index (χ0) is 16.3. The average molecular weight is 359 g/mol. The van der Waals surface area contributed by atoms with Crippen LogP contribution in [-0.4, -0.2) is 40.5 Å². The number of nitrogens with one attached hydrogen (secondary N) is 1. The number of hydrogen-bond acceptors (Lipinski definition) is 5. The molecule has 0 atom stereocenters. The van der Waals surface area contributed by atoms with E-state index >= 15 is 0 Å². The Morgan fingerprint density at radius 1 is 1.41 bits per heavy atom. The number of rotatable bonds is 6. The van der Waals surface area contributed by atoms with Gasteiger partial charge >= 0.3 is 5.97 Å². The Morgan fingerprint density at radius 3 is 2.50 bits per heavy atom. The number of hydrogen-bond donors (Lipinski definition) is 2. The van der Waals surface area contributed by atoms with Gasteiger partial charge in [-0.05, 0) is 24.6 Å². The van der Waals surface area contributed by atoms with Crippen LogP contribution in [0.4, 0.5) is 8.78 Å². The smallest absolute Gasteiger partial charge is 0.338 e. The number of carbonyl (C=O) groups is 1. The van der Waals surface area contributed by atoms with E-state index < -0.39 is 35.0 Å². The van der Waals surface area contributed by atoms with Gasteiger partial charge in [-0.3, -0.25) is 0 Å². The molecule has 22 heavy (non-hydrogen) atoms. The molecule has 0 aromatic heterocycles. The third kappa shape index (κ3) is 4.87. The van der Waals surface area contributed by atoms with Crippen LogP contribution in [-0.2, 0) is 14.8 Å². The topological polar surface area (TPSA) is 98.5 Å². The number of nitrogens with two attached hydrogens (primary N) is 1. The lowest BCUT2D eigenvalue weighted by molar-refractivity contribution is 0.0170. The van der Waals surface area contributed by atoms with Crippen molar-refractivity contribution in [2.45, 2.75) is 17.7 Å². The predicted octanol–water partition coefficient (Wildman–Crippen LogP) is 1.08. The molecule has 1 rings (SSSR count). The first kappa shape index (κ1) is 20.7. The highest BCUT2D eigenvalue weighted by Gasteiger charge is 2.30. The summed E-state index contributed by atoms with van der Waals surface area (Å²) in [4.78, 5) is 11.2. The molecule has 0 saturated heterocycles. The molecule has 0 aliphatic heterocycles. The number of esters is 1. The molecular weight excluding hydrogens is 342 g/mol. The molecule has 126 valence electrons. The van der Waals surface area contributed by atoms with Crippen LogP contribution < -0.4 is 10.5 Å². The highest BCUT2D eigenvalue weighted by atomic mass is 35.5. The van der Waals surface area contributed by atoms with Crippen LogP contribution in [0.5, 0.6) is 0 Å². The maximum atomic E-state index is 13.0. The molecular formula is C12H17ClF2N2O4S. The van der Waals surface area contributed by atoms with Gasteiger partial charge in [-0.1, -0.05) is 6.07 Å². The van der Waals surface area contributed by atoms with E-state index in [4.69, 9.17) is 5.73 Å². The largest absolute Gasteiger partial charge is 0.465 e. The van der Waals surface area contributed by atoms with Crippen molar-refractivity contribution in [3.63, 3.8) is 0 Å². The van der Waals surface area contributed by atoms with Gasteiger partial charge in [0, 0.05) is 0 Å². The zero-order valence-electron chi connectivity index (χ0n) is 11.9. The summed E-state index contributed by atoms with van der Waals surface area (Å²) in [5.41, 5.74) is 5.01. The van der Waals surface area contributed by atoms with Crippen LogP contribution in [0, 0.1) is 6.92 Å². The maximum absolute atomic E-state index is 13.0. The van der Waals surface area contributed by atoms with Gasteiger partial charge in [0.2, 0.25) is 10.0 Å². The Balaban J connectivity index is 0.00000441. The second-order valence-corrected chi connectivity index (χ2v) is 6.04. The number of alkyl halides is 2. The summed E-state index contributed by atoms with van der Waals surface area (Å²) < 4.78 is 56.5. The van der Waals surface area contributed by atoms with Crippen molar-refractivity contribution in [2.75, 3.05) is 20.2 Å². The molecule has 0 radical (unpaired) electrons. The zero-order valence-corrected chi connectivity index (χ0v) is 13.6. The normalized spacial score (nSPS) is 11.7. The Labute approximate surface area is 133 Å². The number of halogens is 3. The van der Waals surface area contributed by atoms with Gasteiger partial charge in [-0.15, -0.1) is 12.4 Å². The Kier molecular flexibility index (Phi) is 7.36. The lowest BCUT2D eigenvalue weighted by Gasteiger charge is -2.16. The van der Waals surface area contributed by atoms with Gasteiger partial charge in [0.05, 0.1) is 30.7 Å². The van der Waals surface area contributed by atoms with Crippen molar-refractivity contribution in [1.29, 1.82) is 0 Å². The number of sulfonamides is 1. The van der Waals surface area contributed by atoms with Gasteiger partial charge in [0.25, 0.3) is 5.92 Å². The van der Waals surface area contributed by atoms with Gasteiger partial charge < -0.3 is 10.5 Å². The molecule has 0 amide bonds. The van der Waals surface area contributed by atoms with Crippen LogP contribution >= 0.6 is 12.4 Å². The fourth-order valence-electron chi connectivity index (χ4n) is 1.59. The van der Waals surface area contributed by atoms with Gasteiger partial charge in [-0.25, -0.2) is 26.7 Å². The first-order valence-corrected chi connectivity index (χ1v) is 7.38. The molecule has 1 aromatic carbocycles. The first-order valence-electron chi connectivity index (χ1n) is 5.90. The lowest BCUT2D eigenvalue weighted by atomic mass is 10.1. The SMILES string of the molecule is COC(=O)c1cccc(S(=O)(=O)NCC(F)(F)CN)c1C.Cl. The molecule has 0 bridgehead atoms. The minimum atomic E-state index is -4.19. The third-order valence-corrected chi connectivity index (χ3v) is 4.34. The lowest BCUT2D eigenvalue weighted by Crippen LogP contribution is -2.41. The number of methoxy groups -OCH3 is 1. The summed E-state index contributed by atoms with van der Waals surface area (Å²) in [6.07, 6.45) is 0. The van der Waals surface area contributed by atoms with Crippen LogP contribution in [0.15, 0.2) is 23.1 Å². The van der Waals surface area contributed by atoms with E-state index in [1.807, 2.05) is 0 Å². The fraction of sp³-hybridized carbons (Fsp3) is 0.417. The van der Waals surface area contributed by atoms with E-state index in [-0.39, 0.29) is 28.4 Å². The van der Waals surface area contributed by atoms with Crippen molar-refractivity contribution >= 4 is 28.4 Å². The fourth-order valence-corrected chi connectivity index (χ4v) is 2.91. The average Bonchev–Trinajstić information content (AvgIpc) is 2.44. The van der Waals surface area contributed by atoms with Crippen molar-refractivity contribution in [2.24, 2.45) is 5.73 Å². The maximum Gasteiger partial charge on any atom is 0.338 e. The standard InChI is InChI=1S/C12H16F2N2O4S.ClH/c1-8-9(11(17)20-2)4-3-5-10(8)21(18,19)16-7-12(13,14)6-15;/h3-5,16H,6-7,15H2,1-2H3;1H. The van der Waals surface area contributed by atoms with Crippen molar-refractivity contribution in [1.82, 2.24) is 4.72 Å². The van der Waals surface area contributed by atoms with Crippen LogP contribution in [0.25, 0.3) is 0 Å². The van der Waals surface area contributed by atoms with E-state index in [0.717, 1.165) is 7.11 Å². The van der Waals surface area contributed by atoms with E-state index in [9.17, 15) is 22.0 Å². The molecule has 0 saturated carbocycles. The Morgan fingerprint density at radius 2 is 2.00 bits per heavy atom. The van der Waals surface area contributed by atoms with Gasteiger partial charge in [-0.2, -0.15) is 0 Å². The predicted molar refractivity (Wildman–Crippen MR) is 79.0 cm³/mol. The summed E-state index contributed by atoms with van der Waals surface area (Å²) >= 11 is 0. The molecule has 0 spiro atoms. The monoisotopic (exact) mass is 358 g/mol. The van der Waals surface area contributed by atoms with Crippen LogP contribution in [0.3, 0.4) is 0 Å². The van der Waals surface area contributed by atoms with E-state index in [0.29, 0.717) is 0 Å². The minimum absolute atomic E-state index is 0. The van der Waals surface area contributed by atoms with Crippen molar-refractivity contribution in [3.05, 3.63) is 29.3 Å². The summed E-state index contributed by atoms with van der Waals surface area (Å²) in [7, 11) is -3.04. The number of benzene rings is 1. The molecule has 1 aromatic rings. The second-order valence-electron chi connectivity index (χ2n) is 4.30. The van der Waals surface area contributed by atoms with E-state index in [1.165, 1.54) is 25.1 Å². The first-order chi connectivity index (χ1) is 9.64. The van der Waals surface area contributed by atoms with Crippen LogP contribution in [0.1, 0.15) is 15.9 Å². The van der Waals surface area contributed by atoms with Gasteiger partial charge in [0.1, 0.15) is 0 Å². The quantitative estimate of drug-likeness (QED) is 0.741. The minimum Gasteiger partial charge on any atom is -0.465 e. The van der Waals surface area contributed by atoms with Gasteiger partial charge in [0.15, 0.2) is 0 Å². The Bertz CT molecular complexity index is 638. The summed E-state index contributed by atoms with van der Waals surface area (Å²) in [5, 5.41) is 0. The molecule has 0 aliphatic carbocycles. The molecule has 0 unspecified atom stereocenters. The highest BCUT2D eigenvalue weighted by Crippen LogP contribution is 2.20. The molecule has 0 heterocycles. The van der Waals surface area contributed by atoms with Crippen LogP contribution in [0.2, 0.25) is 0 Å². The molecule has 0 aliphatic rings. The summed E-state index contributed by atoms with van der Waals surface area (Å²) in [5.74, 6) is -4.06. The Hall–Kier alpha value is -1.29. The van der Waals surface area contributed by atoms with E-state index in [1.54, 1.807) is 4.72 Å². The highest BCUT2D eigenvalue weighted by molar-refractivity contribution is 7.89.